The highest BCUT2D eigenvalue weighted by atomic mass is 32.2. The van der Waals surface area contributed by atoms with Crippen LogP contribution in [-0.4, -0.2) is 19.6 Å². The molecule has 0 heterocycles. The largest absolute Gasteiger partial charge is 0.493 e. The Balaban J connectivity index is 2.54. The van der Waals surface area contributed by atoms with Crippen molar-refractivity contribution in [2.45, 2.75) is 24.5 Å². The first kappa shape index (κ1) is 25.9. The van der Waals surface area contributed by atoms with Gasteiger partial charge in [0, 0.05) is 5.56 Å². The van der Waals surface area contributed by atoms with Gasteiger partial charge in [0.25, 0.3) is 5.91 Å². The van der Waals surface area contributed by atoms with Crippen LogP contribution in [0.25, 0.3) is 0 Å². The molecule has 14 heteroatoms. The Morgan fingerprint density at radius 2 is 1.45 bits per heavy atom. The molecule has 0 bridgehead atoms. The second kappa shape index (κ2) is 12.6. The van der Waals surface area contributed by atoms with E-state index in [4.69, 9.17) is 9.47 Å². The van der Waals surface area contributed by atoms with Crippen LogP contribution in [0.3, 0.4) is 0 Å². The fourth-order valence-electron chi connectivity index (χ4n) is 2.37. The molecule has 2 aromatic rings. The molecule has 0 spiro atoms. The maximum absolute atomic E-state index is 13.6. The number of amides is 1. The molecule has 1 N–H and O–H groups in total. The Kier molecular flexibility index (Phi) is 10.6. The molecule has 0 aliphatic rings. The topological polar surface area (TPSA) is 47.6 Å². The van der Waals surface area contributed by atoms with Crippen LogP contribution in [0.4, 0.5) is 25.1 Å². The molecule has 2 rings (SSSR count). The van der Waals surface area contributed by atoms with Crippen molar-refractivity contribution < 1.29 is 33.7 Å². The van der Waals surface area contributed by atoms with E-state index in [0.29, 0.717) is 5.75 Å². The van der Waals surface area contributed by atoms with Gasteiger partial charge in [-0.1, -0.05) is 12.7 Å². The van der Waals surface area contributed by atoms with Crippen LogP contribution in [-0.2, 0) is 0 Å². The van der Waals surface area contributed by atoms with Crippen LogP contribution in [0.2, 0.25) is 0 Å². The zero-order valence-corrected chi connectivity index (χ0v) is 19.5. The first-order valence-corrected chi connectivity index (χ1v) is 11.5. The van der Waals surface area contributed by atoms with Gasteiger partial charge in [-0.2, -0.15) is 19.4 Å². The lowest BCUT2D eigenvalue weighted by molar-refractivity contribution is 0.102. The van der Waals surface area contributed by atoms with Gasteiger partial charge in [0.15, 0.2) is 11.5 Å². The third kappa shape index (κ3) is 5.72. The fourth-order valence-corrected chi connectivity index (χ4v) is 5.22. The lowest BCUT2D eigenvalue weighted by atomic mass is 10.1. The molecule has 2 aromatic carbocycles. The number of methoxy groups -OCH3 is 1. The van der Waals surface area contributed by atoms with E-state index in [-0.39, 0.29) is 17.9 Å². The Labute approximate surface area is 196 Å². The Morgan fingerprint density at radius 3 is 1.90 bits per heavy atom. The lowest BCUT2D eigenvalue weighted by Gasteiger charge is -2.18. The number of halogens is 5. The van der Waals surface area contributed by atoms with E-state index >= 15 is 0 Å². The van der Waals surface area contributed by atoms with Gasteiger partial charge < -0.3 is 14.8 Å². The van der Waals surface area contributed by atoms with Crippen LogP contribution in [0.5, 0.6) is 11.5 Å². The molecule has 0 unspecified atom stereocenters. The van der Waals surface area contributed by atoms with E-state index in [2.05, 4.69) is 11.9 Å². The summed E-state index contributed by atoms with van der Waals surface area (Å²) >= 11 is -2.76. The van der Waals surface area contributed by atoms with E-state index in [1.165, 1.54) is 31.4 Å². The lowest BCUT2D eigenvalue weighted by Crippen LogP contribution is -2.14. The number of carbonyl (C=O) groups is 1. The van der Waals surface area contributed by atoms with Crippen molar-refractivity contribution in [3.63, 3.8) is 0 Å². The van der Waals surface area contributed by atoms with Crippen molar-refractivity contribution in [2.24, 2.45) is 0 Å². The summed E-state index contributed by atoms with van der Waals surface area (Å²) in [7, 11) is 1.34. The summed E-state index contributed by atoms with van der Waals surface area (Å²) in [6.07, 6.45) is 1.51. The number of carbonyl (C=O) groups excluding carboxylic acids is 1. The summed E-state index contributed by atoms with van der Waals surface area (Å²) in [5, 5.41) is 2.25. The number of benzene rings is 2. The second-order valence-corrected chi connectivity index (χ2v) is 8.14. The molecule has 0 fully saturated rings. The van der Waals surface area contributed by atoms with Crippen molar-refractivity contribution in [1.82, 2.24) is 0 Å². The third-order valence-corrected chi connectivity index (χ3v) is 7.02. The molecular weight excluding hydrogens is 522 g/mol. The quantitative estimate of drug-likeness (QED) is 0.228. The van der Waals surface area contributed by atoms with Crippen molar-refractivity contribution in [3.05, 3.63) is 36.4 Å². The number of ether oxygens (including phenoxy) is 2. The molecule has 1 amide bonds. The van der Waals surface area contributed by atoms with E-state index in [1.807, 2.05) is 0 Å². The molecule has 0 saturated heterocycles. The normalized spacial score (nSPS) is 10.6. The van der Waals surface area contributed by atoms with Crippen LogP contribution in [0, 0.1) is 0 Å². The van der Waals surface area contributed by atoms with Gasteiger partial charge in [-0.3, -0.25) is 4.79 Å². The smallest absolute Gasteiger partial charge is 0.255 e. The zero-order chi connectivity index (χ0) is 23.0. The van der Waals surface area contributed by atoms with Gasteiger partial charge in [-0.05, 0) is 18.2 Å². The number of hydrogen-bond donors (Lipinski definition) is 1. The zero-order valence-electron chi connectivity index (χ0n) is 15.4. The van der Waals surface area contributed by atoms with Crippen LogP contribution < -0.4 is 14.8 Å². The van der Waals surface area contributed by atoms with E-state index < -0.39 is 96.8 Å². The monoisotopic (exact) mass is 533 g/mol. The van der Waals surface area contributed by atoms with Gasteiger partial charge in [0.2, 0.25) is 0 Å². The van der Waals surface area contributed by atoms with Crippen LogP contribution in [0.15, 0.2) is 55.3 Å². The standard InChI is InChI=1S/C17H12F5NO3S5/c1-3-6-26-9-5-4-8(7-10(9)25-2)17(24)23-11-12(27-18)14(29-20)16(31-22)15(30-21)13(11)28-19/h3-5,7H,1,6H2,2H3,(H,23,24). The van der Waals surface area contributed by atoms with Crippen molar-refractivity contribution >= 4 is 72.3 Å². The first-order valence-electron chi connectivity index (χ1n) is 7.91. The molecule has 0 saturated carbocycles. The molecule has 4 nitrogen and oxygen atoms in total. The maximum Gasteiger partial charge on any atom is 0.255 e. The van der Waals surface area contributed by atoms with Crippen LogP contribution in [0.1, 0.15) is 10.4 Å². The minimum atomic E-state index is -0.857. The van der Waals surface area contributed by atoms with E-state index in [1.54, 1.807) is 0 Å². The number of hydrogen-bond acceptors (Lipinski definition) is 8. The van der Waals surface area contributed by atoms with E-state index in [0.717, 1.165) is 0 Å². The third-order valence-electron chi connectivity index (χ3n) is 3.69. The number of nitrogens with one attached hydrogen (secondary N) is 1. The number of anilines is 1. The summed E-state index contributed by atoms with van der Waals surface area (Å²) in [5.74, 6) is -0.348. The summed E-state index contributed by atoms with van der Waals surface area (Å²) < 4.78 is 77.9. The van der Waals surface area contributed by atoms with Gasteiger partial charge in [-0.25, -0.2) is 0 Å². The average molecular weight is 534 g/mol. The Bertz CT molecular complexity index is 933. The summed E-state index contributed by atoms with van der Waals surface area (Å²) in [6, 6.07) is 4.09. The molecule has 31 heavy (non-hydrogen) atoms. The predicted molar refractivity (Wildman–Crippen MR) is 118 cm³/mol. The van der Waals surface area contributed by atoms with Gasteiger partial charge in [0.1, 0.15) is 6.61 Å². The molecule has 168 valence electrons. The molecule has 0 aliphatic carbocycles. The Morgan fingerprint density at radius 1 is 0.935 bits per heavy atom. The van der Waals surface area contributed by atoms with E-state index in [9.17, 15) is 24.2 Å². The second-order valence-electron chi connectivity index (χ2n) is 5.33. The summed E-state index contributed by atoms with van der Waals surface area (Å²) in [6.45, 7) is 3.70. The highest BCUT2D eigenvalue weighted by molar-refractivity contribution is 8.00. The van der Waals surface area contributed by atoms with Crippen LogP contribution >= 0.6 is 60.7 Å². The minimum Gasteiger partial charge on any atom is -0.493 e. The molecule has 0 aromatic heterocycles. The molecule has 0 atom stereocenters. The average Bonchev–Trinajstić information content (AvgIpc) is 2.80. The van der Waals surface area contributed by atoms with Gasteiger partial charge >= 0.3 is 0 Å². The van der Waals surface area contributed by atoms with Gasteiger partial charge in [0.05, 0.1) is 98.0 Å². The fraction of sp³-hybridized carbons (Fsp3) is 0.118. The number of rotatable bonds is 11. The van der Waals surface area contributed by atoms with Crippen molar-refractivity contribution in [1.29, 1.82) is 0 Å². The molecular formula is C17H12F5NO3S5. The maximum atomic E-state index is 13.6. The van der Waals surface area contributed by atoms with Gasteiger partial charge in [-0.15, -0.1) is 0 Å². The highest BCUT2D eigenvalue weighted by Crippen LogP contribution is 2.54. The highest BCUT2D eigenvalue weighted by Gasteiger charge is 2.29. The minimum absolute atomic E-state index is 0.000246. The first-order chi connectivity index (χ1) is 15.0. The van der Waals surface area contributed by atoms with Crippen molar-refractivity contribution in [3.8, 4) is 11.5 Å². The summed E-state index contributed by atoms with van der Waals surface area (Å²) in [4.78, 5) is 9.64. The van der Waals surface area contributed by atoms with Crippen molar-refractivity contribution in [2.75, 3.05) is 19.0 Å². The predicted octanol–water partition coefficient (Wildman–Crippen LogP) is 8.40. The Hall–Kier alpha value is -1.35. The molecule has 0 radical (unpaired) electrons. The SMILES string of the molecule is C=CCOc1ccc(C(=O)Nc2c(SF)c(SF)c(SF)c(SF)c2SF)cc1OC. The molecule has 0 aliphatic heterocycles. The summed E-state index contributed by atoms with van der Waals surface area (Å²) in [5.41, 5.74) is -0.533.